The third kappa shape index (κ3) is 1.75. The van der Waals surface area contributed by atoms with Crippen molar-refractivity contribution in [1.82, 2.24) is 9.78 Å². The van der Waals surface area contributed by atoms with Gasteiger partial charge < -0.3 is 5.73 Å². The molecule has 0 aromatic carbocycles. The molecule has 3 nitrogen and oxygen atoms in total. The third-order valence-corrected chi connectivity index (χ3v) is 3.79. The zero-order valence-electron chi connectivity index (χ0n) is 9.90. The van der Waals surface area contributed by atoms with Gasteiger partial charge >= 0.3 is 0 Å². The Balaban J connectivity index is 2.31. The molecule has 1 heterocycles. The summed E-state index contributed by atoms with van der Waals surface area (Å²) >= 11 is 0. The van der Waals surface area contributed by atoms with Crippen LogP contribution >= 0.6 is 0 Å². The Morgan fingerprint density at radius 3 is 2.40 bits per heavy atom. The summed E-state index contributed by atoms with van der Waals surface area (Å²) in [4.78, 5) is 0. The third-order valence-electron chi connectivity index (χ3n) is 3.79. The lowest BCUT2D eigenvalue weighted by Gasteiger charge is -2.35. The maximum atomic E-state index is 6.06. The van der Waals surface area contributed by atoms with Crippen molar-refractivity contribution in [2.45, 2.75) is 46.1 Å². The summed E-state index contributed by atoms with van der Waals surface area (Å²) in [5.41, 5.74) is 7.16. The van der Waals surface area contributed by atoms with Gasteiger partial charge in [0.05, 0.1) is 12.2 Å². The molecule has 15 heavy (non-hydrogen) atoms. The van der Waals surface area contributed by atoms with Crippen LogP contribution in [0.4, 0.5) is 5.82 Å². The van der Waals surface area contributed by atoms with Gasteiger partial charge in [-0.2, -0.15) is 5.10 Å². The van der Waals surface area contributed by atoms with E-state index in [1.165, 1.54) is 19.3 Å². The van der Waals surface area contributed by atoms with Crippen LogP contribution in [0.2, 0.25) is 0 Å². The first-order chi connectivity index (χ1) is 7.11. The van der Waals surface area contributed by atoms with Crippen LogP contribution in [0.15, 0.2) is 6.20 Å². The van der Waals surface area contributed by atoms with E-state index in [1.807, 2.05) is 17.8 Å². The van der Waals surface area contributed by atoms with Gasteiger partial charge in [0.2, 0.25) is 0 Å². The molecule has 1 aliphatic carbocycles. The Labute approximate surface area is 91.7 Å². The Kier molecular flexibility index (Phi) is 2.72. The van der Waals surface area contributed by atoms with Crippen LogP contribution in [-0.4, -0.2) is 9.78 Å². The Morgan fingerprint density at radius 2 is 1.93 bits per heavy atom. The maximum Gasteiger partial charge on any atom is 0.124 e. The molecule has 0 saturated heterocycles. The highest BCUT2D eigenvalue weighted by molar-refractivity contribution is 5.37. The summed E-state index contributed by atoms with van der Waals surface area (Å²) in [6.45, 7) is 6.66. The van der Waals surface area contributed by atoms with Crippen molar-refractivity contribution in [3.05, 3.63) is 11.8 Å². The Hall–Kier alpha value is -0.990. The minimum atomic E-state index is 0.493. The second kappa shape index (κ2) is 3.87. The standard InChI is InChI=1S/C12H21N3/c1-8-5-4-6-9(2)11(8)15-12(13)10(3)7-14-15/h7-9,11H,4-6,13H2,1-3H3. The van der Waals surface area contributed by atoms with Gasteiger partial charge in [0.15, 0.2) is 0 Å². The minimum absolute atomic E-state index is 0.493. The number of hydrogen-bond acceptors (Lipinski definition) is 2. The van der Waals surface area contributed by atoms with Crippen molar-refractivity contribution in [1.29, 1.82) is 0 Å². The molecule has 1 saturated carbocycles. The van der Waals surface area contributed by atoms with E-state index in [-0.39, 0.29) is 0 Å². The summed E-state index contributed by atoms with van der Waals surface area (Å²) in [5.74, 6) is 2.23. The average molecular weight is 207 g/mol. The molecule has 1 aromatic heterocycles. The van der Waals surface area contributed by atoms with Crippen molar-refractivity contribution in [3.63, 3.8) is 0 Å². The highest BCUT2D eigenvalue weighted by Crippen LogP contribution is 2.39. The van der Waals surface area contributed by atoms with E-state index in [1.54, 1.807) is 0 Å². The molecule has 0 spiro atoms. The molecular weight excluding hydrogens is 186 g/mol. The van der Waals surface area contributed by atoms with Crippen molar-refractivity contribution >= 4 is 5.82 Å². The van der Waals surface area contributed by atoms with Gasteiger partial charge in [-0.05, 0) is 31.6 Å². The van der Waals surface area contributed by atoms with Crippen molar-refractivity contribution < 1.29 is 0 Å². The second-order valence-electron chi connectivity index (χ2n) is 5.03. The number of nitrogens with zero attached hydrogens (tertiary/aromatic N) is 2. The van der Waals surface area contributed by atoms with Gasteiger partial charge in [0.25, 0.3) is 0 Å². The van der Waals surface area contributed by atoms with E-state index >= 15 is 0 Å². The van der Waals surface area contributed by atoms with Crippen molar-refractivity contribution in [3.8, 4) is 0 Å². The fourth-order valence-electron chi connectivity index (χ4n) is 2.84. The molecule has 0 radical (unpaired) electrons. The van der Waals surface area contributed by atoms with Crippen LogP contribution in [-0.2, 0) is 0 Å². The summed E-state index contributed by atoms with van der Waals surface area (Å²) in [6, 6.07) is 0.493. The summed E-state index contributed by atoms with van der Waals surface area (Å²) in [5, 5.41) is 4.43. The predicted molar refractivity (Wildman–Crippen MR) is 62.6 cm³/mol. The first-order valence-corrected chi connectivity index (χ1v) is 5.91. The number of nitrogen functional groups attached to an aromatic ring is 1. The first-order valence-electron chi connectivity index (χ1n) is 5.91. The van der Waals surface area contributed by atoms with E-state index in [9.17, 15) is 0 Å². The van der Waals surface area contributed by atoms with Gasteiger partial charge in [-0.15, -0.1) is 0 Å². The van der Waals surface area contributed by atoms with E-state index in [0.29, 0.717) is 17.9 Å². The highest BCUT2D eigenvalue weighted by atomic mass is 15.3. The van der Waals surface area contributed by atoms with Gasteiger partial charge in [-0.3, -0.25) is 0 Å². The van der Waals surface area contributed by atoms with E-state index in [0.717, 1.165) is 11.4 Å². The van der Waals surface area contributed by atoms with Crippen LogP contribution < -0.4 is 5.73 Å². The molecule has 2 rings (SSSR count). The monoisotopic (exact) mass is 207 g/mol. The SMILES string of the molecule is Cc1cnn(C2C(C)CCCC2C)c1N. The zero-order valence-corrected chi connectivity index (χ0v) is 9.90. The molecule has 0 aliphatic heterocycles. The van der Waals surface area contributed by atoms with Crippen LogP contribution in [0.3, 0.4) is 0 Å². The lowest BCUT2D eigenvalue weighted by atomic mass is 9.79. The number of aryl methyl sites for hydroxylation is 1. The molecule has 2 N–H and O–H groups in total. The van der Waals surface area contributed by atoms with E-state index in [2.05, 4.69) is 18.9 Å². The Morgan fingerprint density at radius 1 is 1.33 bits per heavy atom. The molecule has 3 heteroatoms. The van der Waals surface area contributed by atoms with Crippen LogP contribution in [0.25, 0.3) is 0 Å². The molecule has 84 valence electrons. The minimum Gasteiger partial charge on any atom is -0.384 e. The first kappa shape index (κ1) is 10.5. The smallest absolute Gasteiger partial charge is 0.124 e. The quantitative estimate of drug-likeness (QED) is 0.769. The lowest BCUT2D eigenvalue weighted by Crippen LogP contribution is -2.29. The van der Waals surface area contributed by atoms with Gasteiger partial charge in [0, 0.05) is 5.56 Å². The second-order valence-corrected chi connectivity index (χ2v) is 5.03. The van der Waals surface area contributed by atoms with Crippen LogP contribution in [0, 0.1) is 18.8 Å². The average Bonchev–Trinajstić information content (AvgIpc) is 2.49. The summed E-state index contributed by atoms with van der Waals surface area (Å²) in [6.07, 6.45) is 5.82. The molecular formula is C12H21N3. The van der Waals surface area contributed by atoms with Gasteiger partial charge in [-0.25, -0.2) is 4.68 Å². The summed E-state index contributed by atoms with van der Waals surface area (Å²) in [7, 11) is 0. The predicted octanol–water partition coefficient (Wildman–Crippen LogP) is 2.77. The highest BCUT2D eigenvalue weighted by Gasteiger charge is 2.30. The topological polar surface area (TPSA) is 43.8 Å². The Bertz CT molecular complexity index is 333. The fraction of sp³-hybridized carbons (Fsp3) is 0.750. The molecule has 0 amide bonds. The van der Waals surface area contributed by atoms with Crippen LogP contribution in [0.5, 0.6) is 0 Å². The number of rotatable bonds is 1. The molecule has 2 atom stereocenters. The molecule has 1 fully saturated rings. The summed E-state index contributed by atoms with van der Waals surface area (Å²) < 4.78 is 2.05. The molecule has 1 aromatic rings. The molecule has 0 bridgehead atoms. The van der Waals surface area contributed by atoms with Gasteiger partial charge in [-0.1, -0.05) is 20.3 Å². The zero-order chi connectivity index (χ0) is 11.0. The van der Waals surface area contributed by atoms with Crippen LogP contribution in [0.1, 0.15) is 44.7 Å². The number of hydrogen-bond donors (Lipinski definition) is 1. The number of nitrogens with two attached hydrogens (primary N) is 1. The maximum absolute atomic E-state index is 6.06. The number of anilines is 1. The van der Waals surface area contributed by atoms with E-state index < -0.39 is 0 Å². The fourth-order valence-corrected chi connectivity index (χ4v) is 2.84. The molecule has 1 aliphatic rings. The van der Waals surface area contributed by atoms with E-state index in [4.69, 9.17) is 5.73 Å². The van der Waals surface area contributed by atoms with Crippen molar-refractivity contribution in [2.75, 3.05) is 5.73 Å². The lowest BCUT2D eigenvalue weighted by molar-refractivity contribution is 0.172. The number of aromatic nitrogens is 2. The molecule has 2 unspecified atom stereocenters. The van der Waals surface area contributed by atoms with Gasteiger partial charge in [0.1, 0.15) is 5.82 Å². The normalized spacial score (nSPS) is 31.8. The van der Waals surface area contributed by atoms with Crippen molar-refractivity contribution in [2.24, 2.45) is 11.8 Å². The largest absolute Gasteiger partial charge is 0.384 e.